The van der Waals surface area contributed by atoms with Crippen molar-refractivity contribution in [2.75, 3.05) is 13.2 Å². The van der Waals surface area contributed by atoms with E-state index >= 15 is 0 Å². The van der Waals surface area contributed by atoms with Gasteiger partial charge in [-0.3, -0.25) is 4.79 Å². The van der Waals surface area contributed by atoms with Crippen LogP contribution in [0.1, 0.15) is 33.1 Å². The highest BCUT2D eigenvalue weighted by atomic mass is 16.3. The summed E-state index contributed by atoms with van der Waals surface area (Å²) in [4.78, 5) is 13.2. The summed E-state index contributed by atoms with van der Waals surface area (Å²) >= 11 is 0. The van der Waals surface area contributed by atoms with Gasteiger partial charge in [-0.05, 0) is 26.7 Å². The van der Waals surface area contributed by atoms with Crippen LogP contribution in [-0.2, 0) is 4.79 Å². The topological polar surface area (TPSA) is 40.5 Å². The van der Waals surface area contributed by atoms with E-state index in [1.807, 2.05) is 18.7 Å². The molecule has 1 N–H and O–H groups in total. The van der Waals surface area contributed by atoms with Crippen molar-refractivity contribution in [2.24, 2.45) is 0 Å². The van der Waals surface area contributed by atoms with E-state index in [4.69, 9.17) is 5.11 Å². The third-order valence-corrected chi connectivity index (χ3v) is 2.53. The Morgan fingerprint density at radius 2 is 2.25 bits per heavy atom. The van der Waals surface area contributed by atoms with Gasteiger partial charge in [0.15, 0.2) is 0 Å². The maximum Gasteiger partial charge on any atom is 0.223 e. The second-order valence-electron chi connectivity index (χ2n) is 3.93. The lowest BCUT2D eigenvalue weighted by molar-refractivity contribution is -0.132. The Morgan fingerprint density at radius 1 is 1.58 bits per heavy atom. The van der Waals surface area contributed by atoms with Crippen molar-refractivity contribution in [3.63, 3.8) is 0 Å². The van der Waals surface area contributed by atoms with Crippen LogP contribution >= 0.6 is 0 Å². The molecule has 1 aliphatic rings. The fourth-order valence-electron chi connectivity index (χ4n) is 1.70. The van der Waals surface area contributed by atoms with Crippen LogP contribution in [-0.4, -0.2) is 34.6 Å². The molecule has 1 fully saturated rings. The first kappa shape index (κ1) is 9.52. The molecule has 12 heavy (non-hydrogen) atoms. The summed E-state index contributed by atoms with van der Waals surface area (Å²) in [6.45, 7) is 5.02. The molecular weight excluding hydrogens is 154 g/mol. The average Bonchev–Trinajstić information content (AvgIpc) is 2.35. The first-order valence-electron chi connectivity index (χ1n) is 4.49. The monoisotopic (exact) mass is 171 g/mol. The number of rotatable bonds is 3. The van der Waals surface area contributed by atoms with E-state index in [1.165, 1.54) is 0 Å². The van der Waals surface area contributed by atoms with E-state index in [0.717, 1.165) is 13.0 Å². The number of carbonyl (C=O) groups is 1. The predicted molar refractivity (Wildman–Crippen MR) is 46.7 cm³/mol. The van der Waals surface area contributed by atoms with E-state index in [2.05, 4.69) is 0 Å². The van der Waals surface area contributed by atoms with E-state index in [1.54, 1.807) is 0 Å². The zero-order valence-corrected chi connectivity index (χ0v) is 7.84. The molecule has 70 valence electrons. The van der Waals surface area contributed by atoms with E-state index in [0.29, 0.717) is 12.8 Å². The van der Waals surface area contributed by atoms with Gasteiger partial charge in [0.2, 0.25) is 5.91 Å². The summed E-state index contributed by atoms with van der Waals surface area (Å²) in [5.74, 6) is 0.230. The number of amides is 1. The number of hydrogen-bond donors (Lipinski definition) is 1. The highest BCUT2D eigenvalue weighted by molar-refractivity contribution is 5.78. The molecule has 1 rings (SSSR count). The van der Waals surface area contributed by atoms with Gasteiger partial charge in [-0.25, -0.2) is 0 Å². The first-order valence-corrected chi connectivity index (χ1v) is 4.49. The number of likely N-dealkylation sites (tertiary alicyclic amines) is 1. The van der Waals surface area contributed by atoms with Crippen molar-refractivity contribution >= 4 is 5.91 Å². The maximum atomic E-state index is 11.3. The number of nitrogens with zero attached hydrogens (tertiary/aromatic N) is 1. The van der Waals surface area contributed by atoms with Crippen molar-refractivity contribution in [1.29, 1.82) is 0 Å². The average molecular weight is 171 g/mol. The van der Waals surface area contributed by atoms with E-state index in [-0.39, 0.29) is 18.1 Å². The molecule has 0 atom stereocenters. The SMILES string of the molecule is CC(C)(CCO)N1CCCC1=O. The first-order chi connectivity index (χ1) is 5.58. The Kier molecular flexibility index (Phi) is 2.73. The Balaban J connectivity index is 2.60. The van der Waals surface area contributed by atoms with Gasteiger partial charge >= 0.3 is 0 Å². The second-order valence-corrected chi connectivity index (χ2v) is 3.93. The van der Waals surface area contributed by atoms with Crippen LogP contribution in [0.25, 0.3) is 0 Å². The number of carbonyl (C=O) groups excluding carboxylic acids is 1. The maximum absolute atomic E-state index is 11.3. The molecule has 0 spiro atoms. The van der Waals surface area contributed by atoms with Gasteiger partial charge in [-0.15, -0.1) is 0 Å². The smallest absolute Gasteiger partial charge is 0.223 e. The lowest BCUT2D eigenvalue weighted by Crippen LogP contribution is -2.45. The van der Waals surface area contributed by atoms with Crippen LogP contribution in [0.15, 0.2) is 0 Å². The molecule has 3 nitrogen and oxygen atoms in total. The second kappa shape index (κ2) is 3.44. The molecule has 0 aromatic carbocycles. The van der Waals surface area contributed by atoms with Gasteiger partial charge < -0.3 is 10.0 Å². The normalized spacial score (nSPS) is 18.9. The molecule has 0 unspecified atom stereocenters. The number of aliphatic hydroxyl groups excluding tert-OH is 1. The molecule has 0 aliphatic carbocycles. The Hall–Kier alpha value is -0.570. The van der Waals surface area contributed by atoms with Crippen LogP contribution < -0.4 is 0 Å². The number of hydrogen-bond acceptors (Lipinski definition) is 2. The minimum Gasteiger partial charge on any atom is -0.396 e. The molecule has 1 aliphatic heterocycles. The Morgan fingerprint density at radius 3 is 2.67 bits per heavy atom. The summed E-state index contributed by atoms with van der Waals surface area (Å²) < 4.78 is 0. The van der Waals surface area contributed by atoms with Gasteiger partial charge in [0, 0.05) is 25.1 Å². The molecule has 1 heterocycles. The highest BCUT2D eigenvalue weighted by Gasteiger charge is 2.33. The summed E-state index contributed by atoms with van der Waals surface area (Å²) in [6.07, 6.45) is 2.31. The van der Waals surface area contributed by atoms with Crippen molar-refractivity contribution in [2.45, 2.75) is 38.6 Å². The zero-order chi connectivity index (χ0) is 9.19. The van der Waals surface area contributed by atoms with Crippen LogP contribution in [0, 0.1) is 0 Å². The zero-order valence-electron chi connectivity index (χ0n) is 7.84. The van der Waals surface area contributed by atoms with E-state index < -0.39 is 0 Å². The highest BCUT2D eigenvalue weighted by Crippen LogP contribution is 2.24. The molecule has 0 aromatic heterocycles. The summed E-state index contributed by atoms with van der Waals surface area (Å²) in [5, 5.41) is 8.81. The van der Waals surface area contributed by atoms with Gasteiger partial charge in [0.25, 0.3) is 0 Å². The molecule has 1 saturated heterocycles. The summed E-state index contributed by atoms with van der Waals surface area (Å²) in [5.41, 5.74) is -0.164. The van der Waals surface area contributed by atoms with Crippen LogP contribution in [0.3, 0.4) is 0 Å². The lowest BCUT2D eigenvalue weighted by Gasteiger charge is -2.35. The largest absolute Gasteiger partial charge is 0.396 e. The minimum atomic E-state index is -0.164. The third-order valence-electron chi connectivity index (χ3n) is 2.53. The molecule has 3 heteroatoms. The minimum absolute atomic E-state index is 0.150. The Bertz CT molecular complexity index is 177. The molecule has 0 aromatic rings. The van der Waals surface area contributed by atoms with Gasteiger partial charge in [0.05, 0.1) is 0 Å². The van der Waals surface area contributed by atoms with Crippen molar-refractivity contribution in [1.82, 2.24) is 4.90 Å². The third kappa shape index (κ3) is 1.78. The van der Waals surface area contributed by atoms with Gasteiger partial charge in [-0.1, -0.05) is 0 Å². The van der Waals surface area contributed by atoms with E-state index in [9.17, 15) is 4.79 Å². The quantitative estimate of drug-likeness (QED) is 0.681. The van der Waals surface area contributed by atoms with Crippen LogP contribution in [0.4, 0.5) is 0 Å². The molecular formula is C9H17NO2. The summed E-state index contributed by atoms with van der Waals surface area (Å²) in [7, 11) is 0. The standard InChI is InChI=1S/C9H17NO2/c1-9(2,5-7-11)10-6-3-4-8(10)12/h11H,3-7H2,1-2H3. The summed E-state index contributed by atoms with van der Waals surface area (Å²) in [6, 6.07) is 0. The lowest BCUT2D eigenvalue weighted by atomic mass is 9.99. The molecule has 0 bridgehead atoms. The molecule has 0 saturated carbocycles. The Labute approximate surface area is 73.4 Å². The number of aliphatic hydroxyl groups is 1. The van der Waals surface area contributed by atoms with Crippen molar-refractivity contribution < 1.29 is 9.90 Å². The fraction of sp³-hybridized carbons (Fsp3) is 0.889. The van der Waals surface area contributed by atoms with Crippen molar-refractivity contribution in [3.05, 3.63) is 0 Å². The fourth-order valence-corrected chi connectivity index (χ4v) is 1.70. The molecule has 0 radical (unpaired) electrons. The predicted octanol–water partition coefficient (Wildman–Crippen LogP) is 0.770. The van der Waals surface area contributed by atoms with Crippen molar-refractivity contribution in [3.8, 4) is 0 Å². The van der Waals surface area contributed by atoms with Gasteiger partial charge in [0.1, 0.15) is 0 Å². The molecule has 1 amide bonds. The van der Waals surface area contributed by atoms with Crippen LogP contribution in [0.5, 0.6) is 0 Å². The van der Waals surface area contributed by atoms with Crippen LogP contribution in [0.2, 0.25) is 0 Å². The van der Waals surface area contributed by atoms with Gasteiger partial charge in [-0.2, -0.15) is 0 Å².